The maximum Gasteiger partial charge on any atom is 0.341 e. The van der Waals surface area contributed by atoms with Gasteiger partial charge < -0.3 is 10.8 Å². The van der Waals surface area contributed by atoms with E-state index in [1.807, 2.05) is 0 Å². The normalized spacial score (nSPS) is 10.4. The lowest BCUT2D eigenvalue weighted by Crippen LogP contribution is -2.07. The van der Waals surface area contributed by atoms with Gasteiger partial charge in [0.25, 0.3) is 0 Å². The summed E-state index contributed by atoms with van der Waals surface area (Å²) in [4.78, 5) is 19.0. The number of carboxylic acid groups (broad SMARTS) is 1. The third-order valence-electron chi connectivity index (χ3n) is 2.29. The first-order chi connectivity index (χ1) is 9.08. The van der Waals surface area contributed by atoms with Crippen molar-refractivity contribution < 1.29 is 14.3 Å². The van der Waals surface area contributed by atoms with Crippen molar-refractivity contribution >= 4 is 23.5 Å². The standard InChI is InChI=1S/C12H10FN3O2S/c13-8-3-1-2-4-9(8)19-6-10-15-5-7(12(17)18)11(14)16-10/h1-5H,6H2,(H,17,18)(H2,14,15,16). The maximum atomic E-state index is 13.4. The molecule has 0 atom stereocenters. The third kappa shape index (κ3) is 3.19. The van der Waals surface area contributed by atoms with E-state index >= 15 is 0 Å². The van der Waals surface area contributed by atoms with Gasteiger partial charge in [-0.25, -0.2) is 19.2 Å². The Balaban J connectivity index is 2.11. The monoisotopic (exact) mass is 279 g/mol. The average Bonchev–Trinajstić information content (AvgIpc) is 2.37. The molecule has 5 nitrogen and oxygen atoms in total. The van der Waals surface area contributed by atoms with Crippen molar-refractivity contribution in [3.63, 3.8) is 0 Å². The molecule has 0 bridgehead atoms. The molecule has 0 amide bonds. The summed E-state index contributed by atoms with van der Waals surface area (Å²) in [6.45, 7) is 0. The Kier molecular flexibility index (Phi) is 3.96. The van der Waals surface area contributed by atoms with E-state index in [4.69, 9.17) is 10.8 Å². The van der Waals surface area contributed by atoms with Gasteiger partial charge in [-0.3, -0.25) is 0 Å². The van der Waals surface area contributed by atoms with Crippen molar-refractivity contribution in [2.75, 3.05) is 5.73 Å². The van der Waals surface area contributed by atoms with Gasteiger partial charge in [-0.2, -0.15) is 0 Å². The van der Waals surface area contributed by atoms with Crippen LogP contribution in [-0.4, -0.2) is 21.0 Å². The summed E-state index contributed by atoms with van der Waals surface area (Å²) in [5, 5.41) is 8.79. The lowest BCUT2D eigenvalue weighted by atomic mass is 10.3. The molecule has 2 aromatic rings. The number of nitrogens with two attached hydrogens (primary N) is 1. The number of carbonyl (C=O) groups is 1. The Morgan fingerprint density at radius 2 is 2.16 bits per heavy atom. The molecule has 0 aliphatic heterocycles. The number of nitrogen functional groups attached to an aromatic ring is 1. The van der Waals surface area contributed by atoms with Gasteiger partial charge in [0.2, 0.25) is 0 Å². The fraction of sp³-hybridized carbons (Fsp3) is 0.0833. The van der Waals surface area contributed by atoms with Crippen molar-refractivity contribution in [3.05, 3.63) is 47.7 Å². The highest BCUT2D eigenvalue weighted by Gasteiger charge is 2.11. The fourth-order valence-electron chi connectivity index (χ4n) is 1.37. The molecule has 0 unspecified atom stereocenters. The van der Waals surface area contributed by atoms with Gasteiger partial charge in [0.05, 0.1) is 5.75 Å². The largest absolute Gasteiger partial charge is 0.477 e. The van der Waals surface area contributed by atoms with Crippen LogP contribution in [0.3, 0.4) is 0 Å². The van der Waals surface area contributed by atoms with Gasteiger partial charge >= 0.3 is 5.97 Å². The summed E-state index contributed by atoms with van der Waals surface area (Å²) in [6.07, 6.45) is 1.15. The molecule has 98 valence electrons. The SMILES string of the molecule is Nc1nc(CSc2ccccc2F)ncc1C(=O)O. The number of rotatable bonds is 4. The Bertz CT molecular complexity index is 622. The summed E-state index contributed by atoms with van der Waals surface area (Å²) in [7, 11) is 0. The second kappa shape index (κ2) is 5.66. The molecule has 0 aliphatic rings. The third-order valence-corrected chi connectivity index (χ3v) is 3.34. The van der Waals surface area contributed by atoms with E-state index in [-0.39, 0.29) is 17.2 Å². The van der Waals surface area contributed by atoms with E-state index in [0.717, 1.165) is 6.20 Å². The Labute approximate surface area is 112 Å². The van der Waals surface area contributed by atoms with Gasteiger partial charge in [-0.1, -0.05) is 12.1 Å². The molecule has 0 aliphatic carbocycles. The molecule has 19 heavy (non-hydrogen) atoms. The molecule has 0 spiro atoms. The van der Waals surface area contributed by atoms with E-state index in [1.54, 1.807) is 18.2 Å². The smallest absolute Gasteiger partial charge is 0.341 e. The number of anilines is 1. The minimum Gasteiger partial charge on any atom is -0.477 e. The summed E-state index contributed by atoms with van der Waals surface area (Å²) >= 11 is 1.22. The highest BCUT2D eigenvalue weighted by molar-refractivity contribution is 7.98. The van der Waals surface area contributed by atoms with E-state index in [2.05, 4.69) is 9.97 Å². The zero-order valence-corrected chi connectivity index (χ0v) is 10.5. The Morgan fingerprint density at radius 1 is 1.42 bits per heavy atom. The summed E-state index contributed by atoms with van der Waals surface area (Å²) in [6, 6.07) is 6.35. The number of benzene rings is 1. The van der Waals surface area contributed by atoms with Crippen LogP contribution in [0, 0.1) is 5.82 Å². The quantitative estimate of drug-likeness (QED) is 0.834. The number of carboxylic acids is 1. The molecule has 1 heterocycles. The predicted molar refractivity (Wildman–Crippen MR) is 69.4 cm³/mol. The average molecular weight is 279 g/mol. The number of hydrogen-bond donors (Lipinski definition) is 2. The van der Waals surface area contributed by atoms with E-state index in [9.17, 15) is 9.18 Å². The number of aromatic carboxylic acids is 1. The van der Waals surface area contributed by atoms with E-state index in [0.29, 0.717) is 16.5 Å². The van der Waals surface area contributed by atoms with Gasteiger partial charge in [-0.15, -0.1) is 11.8 Å². The second-order valence-electron chi connectivity index (χ2n) is 3.61. The molecule has 0 saturated carbocycles. The number of hydrogen-bond acceptors (Lipinski definition) is 5. The fourth-order valence-corrected chi connectivity index (χ4v) is 2.18. The minimum absolute atomic E-state index is 0.0911. The van der Waals surface area contributed by atoms with Crippen molar-refractivity contribution in [3.8, 4) is 0 Å². The topological polar surface area (TPSA) is 89.1 Å². The second-order valence-corrected chi connectivity index (χ2v) is 4.63. The summed E-state index contributed by atoms with van der Waals surface area (Å²) < 4.78 is 13.4. The van der Waals surface area contributed by atoms with Crippen LogP contribution >= 0.6 is 11.8 Å². The van der Waals surface area contributed by atoms with Crippen LogP contribution in [0.2, 0.25) is 0 Å². The zero-order chi connectivity index (χ0) is 13.8. The summed E-state index contributed by atoms with van der Waals surface area (Å²) in [5.74, 6) is -0.916. The van der Waals surface area contributed by atoms with E-state index in [1.165, 1.54) is 17.8 Å². The molecule has 7 heteroatoms. The first kappa shape index (κ1) is 13.3. The number of aromatic nitrogens is 2. The maximum absolute atomic E-state index is 13.4. The van der Waals surface area contributed by atoms with Crippen molar-refractivity contribution in [2.24, 2.45) is 0 Å². The number of halogens is 1. The van der Waals surface area contributed by atoms with Crippen LogP contribution in [0.25, 0.3) is 0 Å². The van der Waals surface area contributed by atoms with Gasteiger partial charge in [0.15, 0.2) is 0 Å². The molecule has 1 aromatic carbocycles. The summed E-state index contributed by atoms with van der Waals surface area (Å²) in [5.41, 5.74) is 5.37. The van der Waals surface area contributed by atoms with Crippen LogP contribution in [0.1, 0.15) is 16.2 Å². The molecule has 0 fully saturated rings. The van der Waals surface area contributed by atoms with Crippen LogP contribution in [0.5, 0.6) is 0 Å². The first-order valence-electron chi connectivity index (χ1n) is 5.30. The molecular weight excluding hydrogens is 269 g/mol. The number of nitrogens with zero attached hydrogens (tertiary/aromatic N) is 2. The van der Waals surface area contributed by atoms with Crippen LogP contribution in [0.4, 0.5) is 10.2 Å². The molecule has 0 radical (unpaired) electrons. The van der Waals surface area contributed by atoms with Crippen molar-refractivity contribution in [1.29, 1.82) is 0 Å². The van der Waals surface area contributed by atoms with Gasteiger partial charge in [0.1, 0.15) is 23.0 Å². The van der Waals surface area contributed by atoms with Crippen LogP contribution in [0.15, 0.2) is 35.4 Å². The van der Waals surface area contributed by atoms with Gasteiger partial charge in [-0.05, 0) is 12.1 Å². The Hall–Kier alpha value is -2.15. The van der Waals surface area contributed by atoms with Crippen LogP contribution < -0.4 is 5.73 Å². The molecule has 0 saturated heterocycles. The lowest BCUT2D eigenvalue weighted by molar-refractivity contribution is 0.0697. The van der Waals surface area contributed by atoms with Gasteiger partial charge in [0, 0.05) is 11.1 Å². The molecule has 3 N–H and O–H groups in total. The highest BCUT2D eigenvalue weighted by atomic mass is 32.2. The molecule has 1 aromatic heterocycles. The lowest BCUT2D eigenvalue weighted by Gasteiger charge is -2.04. The van der Waals surface area contributed by atoms with Crippen LogP contribution in [-0.2, 0) is 5.75 Å². The number of thioether (sulfide) groups is 1. The van der Waals surface area contributed by atoms with E-state index < -0.39 is 5.97 Å². The van der Waals surface area contributed by atoms with Crippen molar-refractivity contribution in [2.45, 2.75) is 10.6 Å². The molecular formula is C12H10FN3O2S. The Morgan fingerprint density at radius 3 is 2.79 bits per heavy atom. The highest BCUT2D eigenvalue weighted by Crippen LogP contribution is 2.24. The van der Waals surface area contributed by atoms with Crippen molar-refractivity contribution in [1.82, 2.24) is 9.97 Å². The predicted octanol–water partition coefficient (Wildman–Crippen LogP) is 2.19. The zero-order valence-electron chi connectivity index (χ0n) is 9.71. The molecule has 2 rings (SSSR count). The first-order valence-corrected chi connectivity index (χ1v) is 6.28. The minimum atomic E-state index is -1.18.